The number of hydrogen-bond acceptors (Lipinski definition) is 2. The van der Waals surface area contributed by atoms with Gasteiger partial charge in [0.1, 0.15) is 17.5 Å². The van der Waals surface area contributed by atoms with Crippen LogP contribution in [0.2, 0.25) is 0 Å². The molecule has 0 aromatic heterocycles. The van der Waals surface area contributed by atoms with E-state index < -0.39 is 23.5 Å². The van der Waals surface area contributed by atoms with Gasteiger partial charge in [0.2, 0.25) is 0 Å². The molecule has 0 fully saturated rings. The summed E-state index contributed by atoms with van der Waals surface area (Å²) in [5.41, 5.74) is 3.20. The smallest absolute Gasteiger partial charge is 0.126 e. The number of nitrogens with two attached hydrogens (primary N) is 1. The van der Waals surface area contributed by atoms with E-state index in [1.165, 1.54) is 18.2 Å². The van der Waals surface area contributed by atoms with E-state index in [1.54, 1.807) is 0 Å². The third kappa shape index (κ3) is 3.39. The lowest BCUT2D eigenvalue weighted by Gasteiger charge is -2.18. The first-order valence-electron chi connectivity index (χ1n) is 5.86. The molecule has 20 heavy (non-hydrogen) atoms. The summed E-state index contributed by atoms with van der Waals surface area (Å²) in [6.07, 6.45) is 0.0994. The average Bonchev–Trinajstić information content (AvgIpc) is 2.42. The minimum atomic E-state index is -0.545. The van der Waals surface area contributed by atoms with Crippen molar-refractivity contribution in [3.05, 3.63) is 69.4 Å². The largest absolute Gasteiger partial charge is 0.271 e. The van der Waals surface area contributed by atoms with Crippen molar-refractivity contribution in [3.8, 4) is 0 Å². The minimum absolute atomic E-state index is 0.0994. The molecule has 0 saturated heterocycles. The summed E-state index contributed by atoms with van der Waals surface area (Å²) in [5, 5.41) is 0. The van der Waals surface area contributed by atoms with Crippen LogP contribution in [0.25, 0.3) is 0 Å². The summed E-state index contributed by atoms with van der Waals surface area (Å²) in [6, 6.07) is 6.79. The fourth-order valence-corrected chi connectivity index (χ4v) is 2.48. The Morgan fingerprint density at radius 3 is 2.40 bits per heavy atom. The highest BCUT2D eigenvalue weighted by molar-refractivity contribution is 9.10. The van der Waals surface area contributed by atoms with Crippen LogP contribution in [0.15, 0.2) is 40.9 Å². The second-order valence-corrected chi connectivity index (χ2v) is 5.18. The maximum Gasteiger partial charge on any atom is 0.126 e. The van der Waals surface area contributed by atoms with Crippen LogP contribution in [0.1, 0.15) is 17.2 Å². The normalized spacial score (nSPS) is 12.4. The van der Waals surface area contributed by atoms with Crippen molar-refractivity contribution in [1.82, 2.24) is 5.43 Å². The molecule has 3 N–H and O–H groups in total. The first-order valence-corrected chi connectivity index (χ1v) is 6.65. The highest BCUT2D eigenvalue weighted by atomic mass is 79.9. The molecule has 1 atom stereocenters. The van der Waals surface area contributed by atoms with Crippen LogP contribution in [0.5, 0.6) is 0 Å². The lowest BCUT2D eigenvalue weighted by Crippen LogP contribution is -2.30. The van der Waals surface area contributed by atoms with Crippen molar-refractivity contribution in [2.75, 3.05) is 0 Å². The van der Waals surface area contributed by atoms with Crippen LogP contribution in [0.4, 0.5) is 13.2 Å². The zero-order valence-electron chi connectivity index (χ0n) is 10.3. The molecule has 0 aliphatic carbocycles. The summed E-state index contributed by atoms with van der Waals surface area (Å²) < 4.78 is 40.7. The summed E-state index contributed by atoms with van der Waals surface area (Å²) in [4.78, 5) is 0. The molecular formula is C14H12BrF3N2. The quantitative estimate of drug-likeness (QED) is 0.656. The monoisotopic (exact) mass is 344 g/mol. The molecule has 0 aliphatic rings. The predicted octanol–water partition coefficient (Wildman–Crippen LogP) is 3.61. The molecule has 2 nitrogen and oxygen atoms in total. The molecule has 6 heteroatoms. The Labute approximate surface area is 122 Å². The van der Waals surface area contributed by atoms with E-state index in [4.69, 9.17) is 5.84 Å². The zero-order chi connectivity index (χ0) is 14.7. The topological polar surface area (TPSA) is 38.0 Å². The number of rotatable bonds is 4. The van der Waals surface area contributed by atoms with Gasteiger partial charge in [-0.25, -0.2) is 13.2 Å². The van der Waals surface area contributed by atoms with Crippen LogP contribution in [-0.2, 0) is 6.42 Å². The fourth-order valence-electron chi connectivity index (χ4n) is 1.96. The van der Waals surface area contributed by atoms with Gasteiger partial charge in [0.25, 0.3) is 0 Å². The van der Waals surface area contributed by atoms with E-state index in [9.17, 15) is 13.2 Å². The van der Waals surface area contributed by atoms with Crippen LogP contribution in [-0.4, -0.2) is 0 Å². The first-order chi connectivity index (χ1) is 9.51. The molecular weight excluding hydrogens is 333 g/mol. The molecule has 106 valence electrons. The van der Waals surface area contributed by atoms with E-state index >= 15 is 0 Å². The van der Waals surface area contributed by atoms with E-state index in [1.807, 2.05) is 0 Å². The van der Waals surface area contributed by atoms with Gasteiger partial charge in [-0.3, -0.25) is 11.3 Å². The Hall–Kier alpha value is -1.37. The van der Waals surface area contributed by atoms with Crippen molar-refractivity contribution in [3.63, 3.8) is 0 Å². The molecule has 0 radical (unpaired) electrons. The van der Waals surface area contributed by atoms with E-state index in [0.717, 1.165) is 18.2 Å². The standard InChI is InChI=1S/C14H12BrF3N2/c15-12-3-1-10(17)7-11(12)14(20-19)6-8-5-9(16)2-4-13(8)18/h1-5,7,14,20H,6,19H2. The van der Waals surface area contributed by atoms with Crippen molar-refractivity contribution >= 4 is 15.9 Å². The molecule has 1 unspecified atom stereocenters. The van der Waals surface area contributed by atoms with Gasteiger partial charge in [-0.15, -0.1) is 0 Å². The molecule has 2 rings (SSSR count). The van der Waals surface area contributed by atoms with Gasteiger partial charge < -0.3 is 0 Å². The number of hydrazine groups is 1. The second-order valence-electron chi connectivity index (χ2n) is 4.32. The number of halogens is 4. The molecule has 2 aromatic rings. The average molecular weight is 345 g/mol. The van der Waals surface area contributed by atoms with Gasteiger partial charge in [0.15, 0.2) is 0 Å². The highest BCUT2D eigenvalue weighted by Gasteiger charge is 2.17. The number of hydrogen-bond donors (Lipinski definition) is 2. The van der Waals surface area contributed by atoms with Gasteiger partial charge in [-0.1, -0.05) is 15.9 Å². The van der Waals surface area contributed by atoms with Crippen molar-refractivity contribution in [2.24, 2.45) is 5.84 Å². The van der Waals surface area contributed by atoms with Crippen LogP contribution < -0.4 is 11.3 Å². The molecule has 2 aromatic carbocycles. The minimum Gasteiger partial charge on any atom is -0.271 e. The maximum absolute atomic E-state index is 13.6. The predicted molar refractivity (Wildman–Crippen MR) is 74.2 cm³/mol. The lowest BCUT2D eigenvalue weighted by atomic mass is 9.99. The SMILES string of the molecule is NNC(Cc1cc(F)ccc1F)c1cc(F)ccc1Br. The van der Waals surface area contributed by atoms with Gasteiger partial charge in [-0.05, 0) is 53.9 Å². The second kappa shape index (κ2) is 6.39. The van der Waals surface area contributed by atoms with Crippen LogP contribution in [0.3, 0.4) is 0 Å². The lowest BCUT2D eigenvalue weighted by molar-refractivity contribution is 0.517. The molecule has 0 saturated carbocycles. The Balaban J connectivity index is 2.33. The Morgan fingerprint density at radius 1 is 1.05 bits per heavy atom. The van der Waals surface area contributed by atoms with E-state index in [-0.39, 0.29) is 12.0 Å². The zero-order valence-corrected chi connectivity index (χ0v) is 11.9. The van der Waals surface area contributed by atoms with Crippen LogP contribution in [0, 0.1) is 17.5 Å². The maximum atomic E-state index is 13.6. The van der Waals surface area contributed by atoms with E-state index in [0.29, 0.717) is 10.0 Å². The van der Waals surface area contributed by atoms with Crippen molar-refractivity contribution in [2.45, 2.75) is 12.5 Å². The number of benzene rings is 2. The first kappa shape index (κ1) is 15.0. The van der Waals surface area contributed by atoms with E-state index in [2.05, 4.69) is 21.4 Å². The Bertz CT molecular complexity index is 619. The fraction of sp³-hybridized carbons (Fsp3) is 0.143. The van der Waals surface area contributed by atoms with Gasteiger partial charge in [0.05, 0.1) is 6.04 Å². The molecule has 0 heterocycles. The molecule has 0 bridgehead atoms. The molecule has 0 aliphatic heterocycles. The Morgan fingerprint density at radius 2 is 1.70 bits per heavy atom. The summed E-state index contributed by atoms with van der Waals surface area (Å²) in [6.45, 7) is 0. The van der Waals surface area contributed by atoms with Crippen molar-refractivity contribution in [1.29, 1.82) is 0 Å². The van der Waals surface area contributed by atoms with Crippen LogP contribution >= 0.6 is 15.9 Å². The Kier molecular flexibility index (Phi) is 4.80. The van der Waals surface area contributed by atoms with Gasteiger partial charge in [0, 0.05) is 4.47 Å². The number of nitrogens with one attached hydrogen (secondary N) is 1. The van der Waals surface area contributed by atoms with Gasteiger partial charge >= 0.3 is 0 Å². The molecule has 0 amide bonds. The summed E-state index contributed by atoms with van der Waals surface area (Å²) >= 11 is 3.29. The highest BCUT2D eigenvalue weighted by Crippen LogP contribution is 2.27. The third-order valence-corrected chi connectivity index (χ3v) is 3.69. The van der Waals surface area contributed by atoms with Crippen molar-refractivity contribution < 1.29 is 13.2 Å². The summed E-state index contributed by atoms with van der Waals surface area (Å²) in [7, 11) is 0. The summed E-state index contributed by atoms with van der Waals surface area (Å²) in [5.74, 6) is 3.96. The third-order valence-electron chi connectivity index (χ3n) is 2.97. The van der Waals surface area contributed by atoms with Gasteiger partial charge in [-0.2, -0.15) is 0 Å². The molecule has 0 spiro atoms.